The molecule has 1 aliphatic rings. The van der Waals surface area contributed by atoms with E-state index in [0.29, 0.717) is 12.4 Å². The molecule has 2 aromatic rings. The number of aromatic nitrogens is 1. The van der Waals surface area contributed by atoms with Crippen molar-refractivity contribution in [1.82, 2.24) is 20.5 Å². The number of morpholine rings is 1. The fourth-order valence-electron chi connectivity index (χ4n) is 3.43. The molecular formula is C22H32IN5O3. The quantitative estimate of drug-likeness (QED) is 0.302. The Bertz CT molecular complexity index is 813. The van der Waals surface area contributed by atoms with Crippen LogP contribution in [0.4, 0.5) is 0 Å². The van der Waals surface area contributed by atoms with E-state index in [9.17, 15) is 0 Å². The number of ether oxygens (including phenoxy) is 3. The van der Waals surface area contributed by atoms with E-state index in [4.69, 9.17) is 14.2 Å². The topological polar surface area (TPSA) is 80.2 Å². The molecule has 3 rings (SSSR count). The lowest BCUT2D eigenvalue weighted by Crippen LogP contribution is -2.46. The zero-order valence-electron chi connectivity index (χ0n) is 18.3. The Balaban J connectivity index is 0.00000341. The first-order valence-corrected chi connectivity index (χ1v) is 10.1. The van der Waals surface area contributed by atoms with Crippen molar-refractivity contribution in [3.63, 3.8) is 0 Å². The summed E-state index contributed by atoms with van der Waals surface area (Å²) in [6.07, 6.45) is 0. The van der Waals surface area contributed by atoms with E-state index in [2.05, 4.69) is 37.6 Å². The molecular weight excluding hydrogens is 509 g/mol. The molecule has 1 atom stereocenters. The van der Waals surface area contributed by atoms with Gasteiger partial charge in [0.2, 0.25) is 5.88 Å². The highest BCUT2D eigenvalue weighted by atomic mass is 127. The highest BCUT2D eigenvalue weighted by molar-refractivity contribution is 14.0. The summed E-state index contributed by atoms with van der Waals surface area (Å²) in [5.74, 6) is 2.19. The lowest BCUT2D eigenvalue weighted by atomic mass is 10.0. The maximum Gasteiger partial charge on any atom is 0.213 e. The second-order valence-electron chi connectivity index (χ2n) is 6.92. The number of nitrogens with zero attached hydrogens (tertiary/aromatic N) is 3. The van der Waals surface area contributed by atoms with Crippen molar-refractivity contribution in [2.45, 2.75) is 12.6 Å². The average molecular weight is 541 g/mol. The van der Waals surface area contributed by atoms with Crippen molar-refractivity contribution in [2.75, 3.05) is 54.1 Å². The van der Waals surface area contributed by atoms with E-state index in [-0.39, 0.29) is 30.0 Å². The Morgan fingerprint density at radius 2 is 1.84 bits per heavy atom. The Kier molecular flexibility index (Phi) is 10.8. The van der Waals surface area contributed by atoms with Crippen LogP contribution in [0.5, 0.6) is 11.6 Å². The Morgan fingerprint density at radius 3 is 2.48 bits per heavy atom. The summed E-state index contributed by atoms with van der Waals surface area (Å²) in [6, 6.07) is 14.2. The van der Waals surface area contributed by atoms with Crippen molar-refractivity contribution in [3.05, 3.63) is 53.7 Å². The number of rotatable bonds is 8. The van der Waals surface area contributed by atoms with Gasteiger partial charge in [0, 0.05) is 32.7 Å². The number of nitrogens with one attached hydrogen (secondary N) is 2. The molecule has 0 saturated carbocycles. The Labute approximate surface area is 201 Å². The molecule has 1 aliphatic heterocycles. The summed E-state index contributed by atoms with van der Waals surface area (Å²) < 4.78 is 16.0. The van der Waals surface area contributed by atoms with Gasteiger partial charge in [-0.2, -0.15) is 0 Å². The number of guanidine groups is 1. The van der Waals surface area contributed by atoms with Crippen LogP contribution in [0.1, 0.15) is 17.3 Å². The first-order chi connectivity index (χ1) is 14.7. The highest BCUT2D eigenvalue weighted by Gasteiger charge is 2.23. The number of pyridine rings is 1. The third-order valence-electron chi connectivity index (χ3n) is 5.10. The van der Waals surface area contributed by atoms with Gasteiger partial charge in [0.15, 0.2) is 5.96 Å². The molecule has 170 valence electrons. The molecule has 1 aromatic heterocycles. The van der Waals surface area contributed by atoms with Crippen LogP contribution < -0.4 is 20.1 Å². The summed E-state index contributed by atoms with van der Waals surface area (Å²) in [7, 11) is 5.07. The average Bonchev–Trinajstić information content (AvgIpc) is 2.82. The summed E-state index contributed by atoms with van der Waals surface area (Å²) in [6.45, 7) is 4.58. The van der Waals surface area contributed by atoms with E-state index >= 15 is 0 Å². The van der Waals surface area contributed by atoms with Crippen molar-refractivity contribution in [1.29, 1.82) is 0 Å². The van der Waals surface area contributed by atoms with Crippen molar-refractivity contribution in [2.24, 2.45) is 4.99 Å². The molecule has 0 bridgehead atoms. The first kappa shape index (κ1) is 25.2. The first-order valence-electron chi connectivity index (χ1n) is 10.1. The molecule has 2 heterocycles. The maximum atomic E-state index is 5.54. The van der Waals surface area contributed by atoms with E-state index in [1.807, 2.05) is 30.3 Å². The van der Waals surface area contributed by atoms with Crippen LogP contribution in [-0.4, -0.2) is 70.0 Å². The Hall–Kier alpha value is -2.11. The molecule has 0 amide bonds. The predicted molar refractivity (Wildman–Crippen MR) is 133 cm³/mol. The van der Waals surface area contributed by atoms with Crippen molar-refractivity contribution in [3.8, 4) is 11.6 Å². The lowest BCUT2D eigenvalue weighted by Gasteiger charge is -2.35. The normalized spacial score (nSPS) is 15.5. The van der Waals surface area contributed by atoms with Crippen molar-refractivity contribution < 1.29 is 14.2 Å². The zero-order chi connectivity index (χ0) is 21.2. The minimum Gasteiger partial charge on any atom is -0.497 e. The molecule has 0 radical (unpaired) electrons. The van der Waals surface area contributed by atoms with Gasteiger partial charge in [-0.25, -0.2) is 4.98 Å². The summed E-state index contributed by atoms with van der Waals surface area (Å²) in [5.41, 5.74) is 2.12. The van der Waals surface area contributed by atoms with Gasteiger partial charge in [-0.3, -0.25) is 9.89 Å². The molecule has 0 spiro atoms. The highest BCUT2D eigenvalue weighted by Crippen LogP contribution is 2.23. The summed E-state index contributed by atoms with van der Waals surface area (Å²) >= 11 is 0. The Morgan fingerprint density at radius 1 is 1.10 bits per heavy atom. The standard InChI is InChI=1S/C22H31N5O3.HI/c1-23-22(24-15-18-5-4-6-21(26-18)29-3)25-16-20(27-11-13-30-14-12-27)17-7-9-19(28-2)10-8-17;/h4-10,20H,11-16H2,1-3H3,(H2,23,24,25);1H. The summed E-state index contributed by atoms with van der Waals surface area (Å²) in [5, 5.41) is 6.78. The number of benzene rings is 1. The molecule has 2 N–H and O–H groups in total. The van der Waals surface area contributed by atoms with Gasteiger partial charge < -0.3 is 24.8 Å². The third-order valence-corrected chi connectivity index (χ3v) is 5.10. The van der Waals surface area contributed by atoms with E-state index in [0.717, 1.165) is 50.3 Å². The summed E-state index contributed by atoms with van der Waals surface area (Å²) in [4.78, 5) is 11.2. The third kappa shape index (κ3) is 7.51. The minimum absolute atomic E-state index is 0. The van der Waals surface area contributed by atoms with Crippen LogP contribution in [0, 0.1) is 0 Å². The SMILES string of the molecule is CN=C(NCc1cccc(OC)n1)NCC(c1ccc(OC)cc1)N1CCOCC1.I. The van der Waals surface area contributed by atoms with Crippen LogP contribution in [0.3, 0.4) is 0 Å². The molecule has 1 fully saturated rings. The van der Waals surface area contributed by atoms with Crippen LogP contribution >= 0.6 is 24.0 Å². The lowest BCUT2D eigenvalue weighted by molar-refractivity contribution is 0.0170. The van der Waals surface area contributed by atoms with Crippen LogP contribution in [-0.2, 0) is 11.3 Å². The molecule has 1 saturated heterocycles. The van der Waals surface area contributed by atoms with Gasteiger partial charge in [-0.1, -0.05) is 18.2 Å². The fourth-order valence-corrected chi connectivity index (χ4v) is 3.43. The van der Waals surface area contributed by atoms with E-state index in [1.165, 1.54) is 5.56 Å². The van der Waals surface area contributed by atoms with Crippen LogP contribution in [0.2, 0.25) is 0 Å². The van der Waals surface area contributed by atoms with Gasteiger partial charge in [0.25, 0.3) is 0 Å². The number of methoxy groups -OCH3 is 2. The van der Waals surface area contributed by atoms with Gasteiger partial charge in [-0.15, -0.1) is 24.0 Å². The van der Waals surface area contributed by atoms with Crippen LogP contribution in [0.15, 0.2) is 47.5 Å². The van der Waals surface area contributed by atoms with Gasteiger partial charge >= 0.3 is 0 Å². The molecule has 31 heavy (non-hydrogen) atoms. The maximum absolute atomic E-state index is 5.54. The monoisotopic (exact) mass is 541 g/mol. The largest absolute Gasteiger partial charge is 0.497 e. The number of hydrogen-bond donors (Lipinski definition) is 2. The van der Waals surface area contributed by atoms with Gasteiger partial charge in [-0.05, 0) is 23.8 Å². The van der Waals surface area contributed by atoms with Gasteiger partial charge in [0.1, 0.15) is 5.75 Å². The predicted octanol–water partition coefficient (Wildman–Crippen LogP) is 2.46. The van der Waals surface area contributed by atoms with E-state index in [1.54, 1.807) is 21.3 Å². The fraction of sp³-hybridized carbons (Fsp3) is 0.455. The van der Waals surface area contributed by atoms with Crippen LogP contribution in [0.25, 0.3) is 0 Å². The molecule has 0 aliphatic carbocycles. The number of halogens is 1. The molecule has 1 aromatic carbocycles. The number of hydrogen-bond acceptors (Lipinski definition) is 6. The minimum atomic E-state index is 0. The molecule has 8 nitrogen and oxygen atoms in total. The molecule has 9 heteroatoms. The number of aliphatic imine (C=N–C) groups is 1. The van der Waals surface area contributed by atoms with Crippen molar-refractivity contribution >= 4 is 29.9 Å². The van der Waals surface area contributed by atoms with E-state index < -0.39 is 0 Å². The molecule has 1 unspecified atom stereocenters. The second-order valence-corrected chi connectivity index (χ2v) is 6.92. The smallest absolute Gasteiger partial charge is 0.213 e. The van der Waals surface area contributed by atoms with Gasteiger partial charge in [0.05, 0.1) is 45.7 Å². The second kappa shape index (κ2) is 13.3. The zero-order valence-corrected chi connectivity index (χ0v) is 20.7.